The number of hydrogen-bond acceptors (Lipinski definition) is 4. The summed E-state index contributed by atoms with van der Waals surface area (Å²) in [6.07, 6.45) is 0. The highest BCUT2D eigenvalue weighted by Gasteiger charge is 2.24. The fourth-order valence-electron chi connectivity index (χ4n) is 2.69. The molecule has 0 saturated carbocycles. The monoisotopic (exact) mass is 354 g/mol. The molecule has 0 aromatic heterocycles. The van der Waals surface area contributed by atoms with Gasteiger partial charge in [0.25, 0.3) is 0 Å². The van der Waals surface area contributed by atoms with Crippen LogP contribution in [0.25, 0.3) is 0 Å². The minimum Gasteiger partial charge on any atom is -0.389 e. The number of halogens is 1. The molecule has 21 heavy (non-hydrogen) atoms. The van der Waals surface area contributed by atoms with Crippen molar-refractivity contribution in [1.82, 2.24) is 4.90 Å². The molecule has 1 aromatic carbocycles. The molecule has 0 aliphatic carbocycles. The molecule has 0 atom stereocenters. The smallest absolute Gasteiger partial charge is 0.124 e. The molecule has 4 N–H and O–H groups in total. The number of nitrogens with one attached hydrogen (secondary N) is 1. The number of nitrogens with zero attached hydrogens (tertiary/aromatic N) is 2. The van der Waals surface area contributed by atoms with Crippen molar-refractivity contribution in [2.45, 2.75) is 19.4 Å². The number of benzene rings is 1. The molecule has 5 nitrogen and oxygen atoms in total. The summed E-state index contributed by atoms with van der Waals surface area (Å²) in [5.41, 5.74) is 6.80. The van der Waals surface area contributed by atoms with Crippen molar-refractivity contribution in [1.29, 1.82) is 5.41 Å². The highest BCUT2D eigenvalue weighted by Crippen LogP contribution is 2.25. The van der Waals surface area contributed by atoms with Crippen molar-refractivity contribution >= 4 is 27.5 Å². The molecule has 0 spiro atoms. The first-order valence-corrected chi connectivity index (χ1v) is 7.89. The summed E-state index contributed by atoms with van der Waals surface area (Å²) >= 11 is 3.42. The summed E-state index contributed by atoms with van der Waals surface area (Å²) in [4.78, 5) is 4.52. The summed E-state index contributed by atoms with van der Waals surface area (Å²) in [5.74, 6) is 0.0882. The maximum atomic E-state index is 9.90. The number of aliphatic hydroxyl groups is 1. The molecule has 1 aromatic rings. The number of hydrogen-bond donors (Lipinski definition) is 3. The molecule has 1 heterocycles. The Balaban J connectivity index is 2.07. The van der Waals surface area contributed by atoms with E-state index in [4.69, 9.17) is 11.1 Å². The van der Waals surface area contributed by atoms with Crippen molar-refractivity contribution < 1.29 is 5.11 Å². The minimum absolute atomic E-state index is 0.0882. The predicted octanol–water partition coefficient (Wildman–Crippen LogP) is 1.63. The number of amidine groups is 1. The van der Waals surface area contributed by atoms with Gasteiger partial charge in [-0.15, -0.1) is 0 Å². The van der Waals surface area contributed by atoms with Gasteiger partial charge in [0.1, 0.15) is 5.84 Å². The molecule has 1 aliphatic heterocycles. The van der Waals surface area contributed by atoms with Crippen molar-refractivity contribution in [3.05, 3.63) is 28.2 Å². The van der Waals surface area contributed by atoms with Crippen LogP contribution < -0.4 is 10.6 Å². The average molecular weight is 355 g/mol. The fraction of sp³-hybridized carbons (Fsp3) is 0.533. The molecule has 6 heteroatoms. The normalized spacial score (nSPS) is 17.0. The van der Waals surface area contributed by atoms with E-state index in [9.17, 15) is 5.11 Å². The molecule has 0 bridgehead atoms. The average Bonchev–Trinajstić information content (AvgIpc) is 2.38. The second-order valence-electron chi connectivity index (χ2n) is 6.15. The first-order chi connectivity index (χ1) is 9.76. The quantitative estimate of drug-likeness (QED) is 0.567. The van der Waals surface area contributed by atoms with Crippen LogP contribution in [0.5, 0.6) is 0 Å². The van der Waals surface area contributed by atoms with Gasteiger partial charge in [0.2, 0.25) is 0 Å². The van der Waals surface area contributed by atoms with E-state index in [0.717, 1.165) is 41.9 Å². The molecule has 1 fully saturated rings. The molecular formula is C15H23BrN4O. The zero-order chi connectivity index (χ0) is 15.6. The first kappa shape index (κ1) is 16.3. The molecule has 1 aliphatic rings. The molecule has 1 saturated heterocycles. The summed E-state index contributed by atoms with van der Waals surface area (Å²) < 4.78 is 0.928. The second kappa shape index (κ2) is 6.34. The summed E-state index contributed by atoms with van der Waals surface area (Å²) in [5, 5.41) is 17.6. The molecule has 0 radical (unpaired) electrons. The third-order valence-electron chi connectivity index (χ3n) is 3.57. The van der Waals surface area contributed by atoms with Gasteiger partial charge in [0.05, 0.1) is 5.60 Å². The Morgan fingerprint density at radius 3 is 2.48 bits per heavy atom. The number of rotatable bonds is 4. The number of β-amino-alcohol motifs (C(OH)–C–C–N with tert-alkyl or cyclic N) is 1. The largest absolute Gasteiger partial charge is 0.389 e. The van der Waals surface area contributed by atoms with E-state index in [1.54, 1.807) is 0 Å². The highest BCUT2D eigenvalue weighted by atomic mass is 79.9. The van der Waals surface area contributed by atoms with Gasteiger partial charge in [-0.3, -0.25) is 10.3 Å². The summed E-state index contributed by atoms with van der Waals surface area (Å²) in [6.45, 7) is 7.90. The SMILES string of the molecule is CC(C)(O)CN1CCN(c2ccc(Br)cc2C(=N)N)CC1. The lowest BCUT2D eigenvalue weighted by molar-refractivity contribution is 0.0345. The van der Waals surface area contributed by atoms with Crippen molar-refractivity contribution in [2.75, 3.05) is 37.6 Å². The fourth-order valence-corrected chi connectivity index (χ4v) is 3.05. The Morgan fingerprint density at radius 2 is 1.95 bits per heavy atom. The van der Waals surface area contributed by atoms with Crippen molar-refractivity contribution in [3.63, 3.8) is 0 Å². The van der Waals surface area contributed by atoms with Crippen LogP contribution in [0.3, 0.4) is 0 Å². The van der Waals surface area contributed by atoms with Gasteiger partial charge in [-0.1, -0.05) is 15.9 Å². The maximum absolute atomic E-state index is 9.90. The summed E-state index contributed by atoms with van der Waals surface area (Å²) in [6, 6.07) is 5.87. The van der Waals surface area contributed by atoms with E-state index >= 15 is 0 Å². The van der Waals surface area contributed by atoms with E-state index < -0.39 is 5.60 Å². The third-order valence-corrected chi connectivity index (χ3v) is 4.07. The van der Waals surface area contributed by atoms with E-state index in [1.165, 1.54) is 0 Å². The van der Waals surface area contributed by atoms with Gasteiger partial charge >= 0.3 is 0 Å². The second-order valence-corrected chi connectivity index (χ2v) is 7.07. The molecule has 0 unspecified atom stereocenters. The minimum atomic E-state index is -0.662. The van der Waals surface area contributed by atoms with Crippen LogP contribution in [0.15, 0.2) is 22.7 Å². The Bertz CT molecular complexity index is 519. The lowest BCUT2D eigenvalue weighted by Gasteiger charge is -2.39. The first-order valence-electron chi connectivity index (χ1n) is 7.10. The molecular weight excluding hydrogens is 332 g/mol. The topological polar surface area (TPSA) is 76.6 Å². The third kappa shape index (κ3) is 4.43. The van der Waals surface area contributed by atoms with Gasteiger partial charge in [0, 0.05) is 48.4 Å². The maximum Gasteiger partial charge on any atom is 0.124 e. The number of nitrogen functional groups attached to an aromatic ring is 1. The van der Waals surface area contributed by atoms with Crippen LogP contribution in [0.2, 0.25) is 0 Å². The van der Waals surface area contributed by atoms with Gasteiger partial charge in [-0.05, 0) is 32.0 Å². The number of anilines is 1. The lowest BCUT2D eigenvalue weighted by Crippen LogP contribution is -2.50. The zero-order valence-electron chi connectivity index (χ0n) is 12.6. The lowest BCUT2D eigenvalue weighted by atomic mass is 10.1. The zero-order valence-corrected chi connectivity index (χ0v) is 14.2. The van der Waals surface area contributed by atoms with E-state index in [-0.39, 0.29) is 5.84 Å². The predicted molar refractivity (Wildman–Crippen MR) is 90.1 cm³/mol. The Kier molecular flexibility index (Phi) is 4.91. The Hall–Kier alpha value is -1.11. The van der Waals surface area contributed by atoms with Crippen molar-refractivity contribution in [2.24, 2.45) is 5.73 Å². The standard InChI is InChI=1S/C15H23BrN4O/c1-15(2,21)10-19-5-7-20(8-6-19)13-4-3-11(16)9-12(13)14(17)18/h3-4,9,21H,5-8,10H2,1-2H3,(H3,17,18). The summed E-state index contributed by atoms with van der Waals surface area (Å²) in [7, 11) is 0. The molecule has 2 rings (SSSR count). The van der Waals surface area contributed by atoms with E-state index in [1.807, 2.05) is 32.0 Å². The van der Waals surface area contributed by atoms with Crippen LogP contribution in [0, 0.1) is 5.41 Å². The number of piperazine rings is 1. The van der Waals surface area contributed by atoms with Crippen LogP contribution in [0.1, 0.15) is 19.4 Å². The molecule has 0 amide bonds. The molecule has 116 valence electrons. The van der Waals surface area contributed by atoms with E-state index in [0.29, 0.717) is 6.54 Å². The van der Waals surface area contributed by atoms with Gasteiger partial charge in [-0.25, -0.2) is 0 Å². The van der Waals surface area contributed by atoms with Crippen LogP contribution in [-0.2, 0) is 0 Å². The highest BCUT2D eigenvalue weighted by molar-refractivity contribution is 9.10. The van der Waals surface area contributed by atoms with Crippen LogP contribution in [-0.4, -0.2) is 54.2 Å². The number of nitrogens with two attached hydrogens (primary N) is 1. The van der Waals surface area contributed by atoms with Crippen molar-refractivity contribution in [3.8, 4) is 0 Å². The Morgan fingerprint density at radius 1 is 1.33 bits per heavy atom. The van der Waals surface area contributed by atoms with Gasteiger partial charge < -0.3 is 15.7 Å². The van der Waals surface area contributed by atoms with Gasteiger partial charge in [0.15, 0.2) is 0 Å². The van der Waals surface area contributed by atoms with Crippen LogP contribution >= 0.6 is 15.9 Å². The van der Waals surface area contributed by atoms with Gasteiger partial charge in [-0.2, -0.15) is 0 Å². The van der Waals surface area contributed by atoms with E-state index in [2.05, 4.69) is 25.7 Å². The van der Waals surface area contributed by atoms with Crippen LogP contribution in [0.4, 0.5) is 5.69 Å². The Labute approximate surface area is 134 Å².